The van der Waals surface area contributed by atoms with E-state index in [1.807, 2.05) is 6.08 Å². The van der Waals surface area contributed by atoms with Crippen molar-refractivity contribution in [3.05, 3.63) is 24.0 Å². The lowest BCUT2D eigenvalue weighted by Gasteiger charge is -2.03. The van der Waals surface area contributed by atoms with Gasteiger partial charge in [0.25, 0.3) is 0 Å². The summed E-state index contributed by atoms with van der Waals surface area (Å²) >= 11 is 0. The van der Waals surface area contributed by atoms with Gasteiger partial charge < -0.3 is 5.11 Å². The Balaban J connectivity index is 2.58. The van der Waals surface area contributed by atoms with Gasteiger partial charge in [0.15, 0.2) is 0 Å². The van der Waals surface area contributed by atoms with Gasteiger partial charge in [-0.15, -0.1) is 0 Å². The summed E-state index contributed by atoms with van der Waals surface area (Å²) < 4.78 is 0. The number of rotatable bonds is 0. The molecule has 0 aromatic rings. The Hall–Kier alpha value is -0.720. The number of allylic oxidation sites excluding steroid dienone is 4. The maximum Gasteiger partial charge on any atom is 0.0925 e. The fraction of sp³-hybridized carbons (Fsp3) is 0.500. The zero-order chi connectivity index (χ0) is 6.69. The predicted octanol–water partition coefficient (Wildman–Crippen LogP) is 2.41. The van der Waals surface area contributed by atoms with Crippen LogP contribution in [0.5, 0.6) is 0 Å². The first-order chi connectivity index (χ1) is 4.29. The Kier molecular flexibility index (Phi) is 1.93. The van der Waals surface area contributed by atoms with Gasteiger partial charge >= 0.3 is 0 Å². The molecular formula is C8H12O. The fourth-order valence-electron chi connectivity index (χ4n) is 0.998. The number of hydrogen-bond donors (Lipinski definition) is 1. The monoisotopic (exact) mass is 124 g/mol. The summed E-state index contributed by atoms with van der Waals surface area (Å²) in [6.07, 6.45) is 7.68. The average molecular weight is 124 g/mol. The molecular weight excluding hydrogens is 112 g/mol. The second-order valence-corrected chi connectivity index (χ2v) is 2.63. The average Bonchev–Trinajstić information content (AvgIpc) is 1.93. The SMILES string of the molecule is CC1CC=CC=C(O)C1. The molecule has 1 aliphatic carbocycles. The Morgan fingerprint density at radius 3 is 3.22 bits per heavy atom. The van der Waals surface area contributed by atoms with Crippen LogP contribution in [0.1, 0.15) is 19.8 Å². The van der Waals surface area contributed by atoms with Gasteiger partial charge in [-0.25, -0.2) is 0 Å². The zero-order valence-corrected chi connectivity index (χ0v) is 5.67. The largest absolute Gasteiger partial charge is 0.512 e. The van der Waals surface area contributed by atoms with E-state index in [9.17, 15) is 0 Å². The van der Waals surface area contributed by atoms with Gasteiger partial charge in [0.1, 0.15) is 0 Å². The van der Waals surface area contributed by atoms with E-state index in [1.54, 1.807) is 6.08 Å². The lowest BCUT2D eigenvalue weighted by Crippen LogP contribution is -1.92. The van der Waals surface area contributed by atoms with Crippen molar-refractivity contribution in [2.75, 3.05) is 0 Å². The highest BCUT2D eigenvalue weighted by molar-refractivity contribution is 5.10. The summed E-state index contributed by atoms with van der Waals surface area (Å²) in [5.74, 6) is 1.11. The number of aliphatic hydroxyl groups excluding tert-OH is 1. The Labute approximate surface area is 55.7 Å². The van der Waals surface area contributed by atoms with Gasteiger partial charge in [-0.3, -0.25) is 0 Å². The van der Waals surface area contributed by atoms with E-state index in [4.69, 9.17) is 5.11 Å². The van der Waals surface area contributed by atoms with E-state index in [1.165, 1.54) is 0 Å². The van der Waals surface area contributed by atoms with E-state index >= 15 is 0 Å². The minimum Gasteiger partial charge on any atom is -0.512 e. The van der Waals surface area contributed by atoms with Crippen molar-refractivity contribution in [1.29, 1.82) is 0 Å². The van der Waals surface area contributed by atoms with Crippen LogP contribution in [-0.2, 0) is 0 Å². The second kappa shape index (κ2) is 2.72. The summed E-state index contributed by atoms with van der Waals surface area (Å²) in [4.78, 5) is 0. The molecule has 1 aliphatic rings. The van der Waals surface area contributed by atoms with Gasteiger partial charge in [-0.05, 0) is 18.4 Å². The smallest absolute Gasteiger partial charge is 0.0925 e. The third-order valence-corrected chi connectivity index (χ3v) is 1.52. The summed E-state index contributed by atoms with van der Waals surface area (Å²) in [6.45, 7) is 2.14. The van der Waals surface area contributed by atoms with Crippen molar-refractivity contribution >= 4 is 0 Å². The summed E-state index contributed by atoms with van der Waals surface area (Å²) in [5, 5.41) is 9.07. The molecule has 0 bridgehead atoms. The highest BCUT2D eigenvalue weighted by atomic mass is 16.3. The second-order valence-electron chi connectivity index (χ2n) is 2.63. The molecule has 0 aromatic carbocycles. The first-order valence-electron chi connectivity index (χ1n) is 3.33. The molecule has 0 spiro atoms. The molecule has 0 saturated carbocycles. The van der Waals surface area contributed by atoms with Crippen molar-refractivity contribution in [2.45, 2.75) is 19.8 Å². The van der Waals surface area contributed by atoms with Crippen LogP contribution in [0.4, 0.5) is 0 Å². The first-order valence-corrected chi connectivity index (χ1v) is 3.33. The maximum absolute atomic E-state index is 9.07. The lowest BCUT2D eigenvalue weighted by atomic mass is 10.0. The predicted molar refractivity (Wildman–Crippen MR) is 38.2 cm³/mol. The minimum atomic E-state index is 0.510. The lowest BCUT2D eigenvalue weighted by molar-refractivity contribution is 0.361. The Morgan fingerprint density at radius 1 is 1.67 bits per heavy atom. The van der Waals surface area contributed by atoms with E-state index in [-0.39, 0.29) is 0 Å². The molecule has 1 N–H and O–H groups in total. The molecule has 0 fully saturated rings. The standard InChI is InChI=1S/C8H12O/c1-7-4-2-3-5-8(9)6-7/h2-3,5,7,9H,4,6H2,1H3. The van der Waals surface area contributed by atoms with Crippen LogP contribution in [0, 0.1) is 5.92 Å². The molecule has 0 saturated heterocycles. The molecule has 0 amide bonds. The molecule has 1 nitrogen and oxygen atoms in total. The van der Waals surface area contributed by atoms with E-state index < -0.39 is 0 Å². The van der Waals surface area contributed by atoms with Gasteiger partial charge in [-0.2, -0.15) is 0 Å². The van der Waals surface area contributed by atoms with Crippen LogP contribution < -0.4 is 0 Å². The van der Waals surface area contributed by atoms with Crippen LogP contribution in [0.2, 0.25) is 0 Å². The summed E-state index contributed by atoms with van der Waals surface area (Å²) in [7, 11) is 0. The Bertz CT molecular complexity index is 145. The van der Waals surface area contributed by atoms with Gasteiger partial charge in [0, 0.05) is 6.42 Å². The molecule has 9 heavy (non-hydrogen) atoms. The molecule has 0 aliphatic heterocycles. The van der Waals surface area contributed by atoms with Crippen LogP contribution in [0.15, 0.2) is 24.0 Å². The van der Waals surface area contributed by atoms with Gasteiger partial charge in [0.2, 0.25) is 0 Å². The highest BCUT2D eigenvalue weighted by Crippen LogP contribution is 2.16. The molecule has 0 heterocycles. The molecule has 1 unspecified atom stereocenters. The van der Waals surface area contributed by atoms with Crippen molar-refractivity contribution in [3.8, 4) is 0 Å². The molecule has 1 atom stereocenters. The number of aliphatic hydroxyl groups is 1. The highest BCUT2D eigenvalue weighted by Gasteiger charge is 2.03. The van der Waals surface area contributed by atoms with Crippen LogP contribution in [-0.4, -0.2) is 5.11 Å². The quantitative estimate of drug-likeness (QED) is 0.525. The van der Waals surface area contributed by atoms with Gasteiger partial charge in [0.05, 0.1) is 5.76 Å². The van der Waals surface area contributed by atoms with E-state index in [0.717, 1.165) is 12.8 Å². The molecule has 1 heteroatoms. The summed E-state index contributed by atoms with van der Waals surface area (Å²) in [5.41, 5.74) is 0. The molecule has 50 valence electrons. The van der Waals surface area contributed by atoms with Crippen LogP contribution in [0.25, 0.3) is 0 Å². The molecule has 0 aromatic heterocycles. The number of hydrogen-bond acceptors (Lipinski definition) is 1. The van der Waals surface area contributed by atoms with Crippen molar-refractivity contribution in [1.82, 2.24) is 0 Å². The zero-order valence-electron chi connectivity index (χ0n) is 5.67. The third-order valence-electron chi connectivity index (χ3n) is 1.52. The van der Waals surface area contributed by atoms with Crippen LogP contribution in [0.3, 0.4) is 0 Å². The first kappa shape index (κ1) is 6.40. The maximum atomic E-state index is 9.07. The Morgan fingerprint density at radius 2 is 2.44 bits per heavy atom. The van der Waals surface area contributed by atoms with Crippen molar-refractivity contribution < 1.29 is 5.11 Å². The fourth-order valence-corrected chi connectivity index (χ4v) is 0.998. The topological polar surface area (TPSA) is 20.2 Å². The third kappa shape index (κ3) is 1.92. The normalized spacial score (nSPS) is 27.2. The summed E-state index contributed by atoms with van der Waals surface area (Å²) in [6, 6.07) is 0. The molecule has 1 rings (SSSR count). The van der Waals surface area contributed by atoms with E-state index in [0.29, 0.717) is 11.7 Å². The van der Waals surface area contributed by atoms with E-state index in [2.05, 4.69) is 13.0 Å². The molecule has 0 radical (unpaired) electrons. The van der Waals surface area contributed by atoms with Crippen molar-refractivity contribution in [2.24, 2.45) is 5.92 Å². The van der Waals surface area contributed by atoms with Crippen molar-refractivity contribution in [3.63, 3.8) is 0 Å². The van der Waals surface area contributed by atoms with Gasteiger partial charge in [-0.1, -0.05) is 19.1 Å². The minimum absolute atomic E-state index is 0.510. The van der Waals surface area contributed by atoms with Crippen LogP contribution >= 0.6 is 0 Å².